The molecule has 1 fully saturated rings. The van der Waals surface area contributed by atoms with E-state index in [0.29, 0.717) is 0 Å². The summed E-state index contributed by atoms with van der Waals surface area (Å²) in [5.74, 6) is 0.983. The molecule has 0 aliphatic carbocycles. The molecule has 0 spiro atoms. The number of ether oxygens (including phenoxy) is 1. The Kier molecular flexibility index (Phi) is 4.26. The Balaban J connectivity index is 2.20. The molecule has 1 aromatic rings. The lowest BCUT2D eigenvalue weighted by atomic mass is 10.1. The number of aryl methyl sites for hydroxylation is 1. The zero-order valence-corrected chi connectivity index (χ0v) is 10.8. The molecule has 1 N–H and O–H groups in total. The first-order chi connectivity index (χ1) is 8.31. The zero-order valence-electron chi connectivity index (χ0n) is 10.8. The van der Waals surface area contributed by atoms with E-state index in [1.54, 1.807) is 7.11 Å². The molecule has 0 aromatic heterocycles. The second kappa shape index (κ2) is 5.92. The van der Waals surface area contributed by atoms with E-state index < -0.39 is 0 Å². The number of hydrogen-bond acceptors (Lipinski definition) is 3. The number of methoxy groups -OCH3 is 1. The molecule has 17 heavy (non-hydrogen) atoms. The number of anilines is 1. The number of rotatable bonds is 2. The van der Waals surface area contributed by atoms with Crippen molar-refractivity contribution in [1.29, 1.82) is 0 Å². The van der Waals surface area contributed by atoms with Crippen molar-refractivity contribution in [3.63, 3.8) is 0 Å². The van der Waals surface area contributed by atoms with Crippen molar-refractivity contribution in [2.24, 2.45) is 0 Å². The number of benzene rings is 1. The van der Waals surface area contributed by atoms with Gasteiger partial charge in [-0.1, -0.05) is 6.07 Å². The van der Waals surface area contributed by atoms with E-state index >= 15 is 0 Å². The van der Waals surface area contributed by atoms with Gasteiger partial charge in [-0.05, 0) is 44.0 Å². The highest BCUT2D eigenvalue weighted by Crippen LogP contribution is 2.29. The highest BCUT2D eigenvalue weighted by Gasteiger charge is 2.13. The Morgan fingerprint density at radius 1 is 1.18 bits per heavy atom. The maximum atomic E-state index is 5.46. The van der Waals surface area contributed by atoms with Gasteiger partial charge in [0.25, 0.3) is 0 Å². The average Bonchev–Trinajstić information content (AvgIpc) is 2.28. The minimum atomic E-state index is 0.983. The third-order valence-electron chi connectivity index (χ3n) is 3.27. The van der Waals surface area contributed by atoms with Gasteiger partial charge in [-0.25, -0.2) is 0 Å². The molecule has 0 radical (unpaired) electrons. The Hall–Kier alpha value is -1.22. The first kappa shape index (κ1) is 12.2. The van der Waals surface area contributed by atoms with Crippen LogP contribution in [0.25, 0.3) is 0 Å². The summed E-state index contributed by atoms with van der Waals surface area (Å²) >= 11 is 0. The summed E-state index contributed by atoms with van der Waals surface area (Å²) in [7, 11) is 1.75. The second-order valence-corrected chi connectivity index (χ2v) is 4.62. The summed E-state index contributed by atoms with van der Waals surface area (Å²) < 4.78 is 5.46. The van der Waals surface area contributed by atoms with Gasteiger partial charge in [-0.3, -0.25) is 0 Å². The van der Waals surface area contributed by atoms with Crippen LogP contribution in [0, 0.1) is 6.92 Å². The van der Waals surface area contributed by atoms with E-state index in [-0.39, 0.29) is 0 Å². The van der Waals surface area contributed by atoms with Crippen molar-refractivity contribution in [1.82, 2.24) is 5.32 Å². The lowest BCUT2D eigenvalue weighted by molar-refractivity contribution is 0.413. The van der Waals surface area contributed by atoms with Crippen LogP contribution < -0.4 is 15.0 Å². The zero-order chi connectivity index (χ0) is 12.1. The van der Waals surface area contributed by atoms with Crippen LogP contribution in [0.2, 0.25) is 0 Å². The molecule has 0 unspecified atom stereocenters. The predicted molar refractivity (Wildman–Crippen MR) is 72.0 cm³/mol. The van der Waals surface area contributed by atoms with Crippen LogP contribution in [0.1, 0.15) is 18.4 Å². The van der Waals surface area contributed by atoms with Crippen LogP contribution >= 0.6 is 0 Å². The van der Waals surface area contributed by atoms with Crippen molar-refractivity contribution < 1.29 is 4.74 Å². The highest BCUT2D eigenvalue weighted by molar-refractivity contribution is 5.60. The molecule has 1 aromatic carbocycles. The van der Waals surface area contributed by atoms with Crippen LogP contribution in [0.5, 0.6) is 5.75 Å². The number of hydrogen-bond donors (Lipinski definition) is 1. The Labute approximate surface area is 104 Å². The fourth-order valence-corrected chi connectivity index (χ4v) is 2.29. The molecule has 0 saturated carbocycles. The SMILES string of the molecule is COc1ccc(C)cc1N1CCCCNCC1. The van der Waals surface area contributed by atoms with Crippen molar-refractivity contribution in [2.45, 2.75) is 19.8 Å². The first-order valence-electron chi connectivity index (χ1n) is 6.41. The van der Waals surface area contributed by atoms with E-state index in [9.17, 15) is 0 Å². The summed E-state index contributed by atoms with van der Waals surface area (Å²) in [6, 6.07) is 6.39. The van der Waals surface area contributed by atoms with Gasteiger partial charge >= 0.3 is 0 Å². The Morgan fingerprint density at radius 2 is 2.06 bits per heavy atom. The third-order valence-corrected chi connectivity index (χ3v) is 3.27. The fraction of sp³-hybridized carbons (Fsp3) is 0.571. The van der Waals surface area contributed by atoms with Gasteiger partial charge in [-0.15, -0.1) is 0 Å². The minimum absolute atomic E-state index is 0.983. The molecular formula is C14H22N2O. The summed E-state index contributed by atoms with van der Waals surface area (Å²) in [4.78, 5) is 2.43. The average molecular weight is 234 g/mol. The lowest BCUT2D eigenvalue weighted by Crippen LogP contribution is -2.36. The third kappa shape index (κ3) is 3.13. The van der Waals surface area contributed by atoms with E-state index in [2.05, 4.69) is 35.3 Å². The summed E-state index contributed by atoms with van der Waals surface area (Å²) in [5.41, 5.74) is 2.52. The minimum Gasteiger partial charge on any atom is -0.495 e. The molecule has 0 bridgehead atoms. The maximum Gasteiger partial charge on any atom is 0.142 e. The molecule has 1 heterocycles. The molecular weight excluding hydrogens is 212 g/mol. The van der Waals surface area contributed by atoms with Crippen LogP contribution in [0.15, 0.2) is 18.2 Å². The van der Waals surface area contributed by atoms with Gasteiger partial charge in [0.2, 0.25) is 0 Å². The first-order valence-corrected chi connectivity index (χ1v) is 6.41. The van der Waals surface area contributed by atoms with Crippen molar-refractivity contribution in [3.05, 3.63) is 23.8 Å². The van der Waals surface area contributed by atoms with Gasteiger partial charge < -0.3 is 15.0 Å². The molecule has 3 nitrogen and oxygen atoms in total. The molecule has 0 amide bonds. The maximum absolute atomic E-state index is 5.46. The number of nitrogens with one attached hydrogen (secondary N) is 1. The largest absolute Gasteiger partial charge is 0.495 e. The van der Waals surface area contributed by atoms with Crippen LogP contribution in [-0.2, 0) is 0 Å². The summed E-state index contributed by atoms with van der Waals surface area (Å²) in [6.07, 6.45) is 2.49. The van der Waals surface area contributed by atoms with Crippen molar-refractivity contribution >= 4 is 5.69 Å². The smallest absolute Gasteiger partial charge is 0.142 e. The van der Waals surface area contributed by atoms with Crippen LogP contribution in [0.3, 0.4) is 0 Å². The second-order valence-electron chi connectivity index (χ2n) is 4.62. The summed E-state index contributed by atoms with van der Waals surface area (Å²) in [6.45, 7) is 6.52. The molecule has 94 valence electrons. The monoisotopic (exact) mass is 234 g/mol. The van der Waals surface area contributed by atoms with Crippen LogP contribution in [-0.4, -0.2) is 33.3 Å². The van der Waals surface area contributed by atoms with Crippen molar-refractivity contribution in [3.8, 4) is 5.75 Å². The normalized spacial score (nSPS) is 17.4. The molecule has 1 aliphatic rings. The van der Waals surface area contributed by atoms with E-state index in [1.165, 1.54) is 24.1 Å². The van der Waals surface area contributed by atoms with Gasteiger partial charge in [0.15, 0.2) is 0 Å². The van der Waals surface area contributed by atoms with Crippen LogP contribution in [0.4, 0.5) is 5.69 Å². The lowest BCUT2D eigenvalue weighted by Gasteiger charge is -2.28. The van der Waals surface area contributed by atoms with E-state index in [0.717, 1.165) is 31.9 Å². The van der Waals surface area contributed by atoms with Crippen molar-refractivity contribution in [2.75, 3.05) is 38.2 Å². The van der Waals surface area contributed by atoms with E-state index in [1.807, 2.05) is 0 Å². The topological polar surface area (TPSA) is 24.5 Å². The highest BCUT2D eigenvalue weighted by atomic mass is 16.5. The predicted octanol–water partition coefficient (Wildman–Crippen LogP) is 2.19. The van der Waals surface area contributed by atoms with Gasteiger partial charge in [-0.2, -0.15) is 0 Å². The molecule has 0 atom stereocenters. The van der Waals surface area contributed by atoms with Gasteiger partial charge in [0, 0.05) is 19.6 Å². The van der Waals surface area contributed by atoms with Gasteiger partial charge in [0.1, 0.15) is 5.75 Å². The number of nitrogens with zero attached hydrogens (tertiary/aromatic N) is 1. The molecule has 3 heteroatoms. The Morgan fingerprint density at radius 3 is 2.88 bits per heavy atom. The molecule has 2 rings (SSSR count). The molecule has 1 saturated heterocycles. The standard InChI is InChI=1S/C14H22N2O/c1-12-5-6-14(17-2)13(11-12)16-9-4-3-7-15-8-10-16/h5-6,11,15H,3-4,7-10H2,1-2H3. The fourth-order valence-electron chi connectivity index (χ4n) is 2.29. The summed E-state index contributed by atoms with van der Waals surface area (Å²) in [5, 5.41) is 3.46. The van der Waals surface area contributed by atoms with E-state index in [4.69, 9.17) is 4.74 Å². The van der Waals surface area contributed by atoms with Gasteiger partial charge in [0.05, 0.1) is 12.8 Å². The quantitative estimate of drug-likeness (QED) is 0.849. The Bertz CT molecular complexity index is 357. The molecule has 1 aliphatic heterocycles.